The summed E-state index contributed by atoms with van der Waals surface area (Å²) in [5.74, 6) is 0.897. The highest BCUT2D eigenvalue weighted by Crippen LogP contribution is 2.47. The van der Waals surface area contributed by atoms with E-state index in [1.807, 2.05) is 24.3 Å². The van der Waals surface area contributed by atoms with Crippen LogP contribution in [0.5, 0.6) is 5.75 Å². The first-order valence-electron chi connectivity index (χ1n) is 5.43. The van der Waals surface area contributed by atoms with Gasteiger partial charge in [-0.2, -0.15) is 5.26 Å². The summed E-state index contributed by atoms with van der Waals surface area (Å²) in [4.78, 5) is 0. The number of nitriles is 1. The van der Waals surface area contributed by atoms with E-state index in [2.05, 4.69) is 22.0 Å². The Balaban J connectivity index is 1.88. The van der Waals surface area contributed by atoms with Gasteiger partial charge in [0.1, 0.15) is 5.75 Å². The summed E-state index contributed by atoms with van der Waals surface area (Å²) >= 11 is 3.52. The lowest BCUT2D eigenvalue weighted by molar-refractivity contribution is 0.251. The molecule has 1 aromatic rings. The second-order valence-corrected chi connectivity index (χ2v) is 4.96. The fourth-order valence-corrected chi connectivity index (χ4v) is 2.25. The maximum absolute atomic E-state index is 8.55. The molecule has 0 bridgehead atoms. The van der Waals surface area contributed by atoms with Gasteiger partial charge >= 0.3 is 0 Å². The van der Waals surface area contributed by atoms with Crippen LogP contribution in [0.1, 0.15) is 18.4 Å². The van der Waals surface area contributed by atoms with Gasteiger partial charge in [-0.1, -0.05) is 28.1 Å². The summed E-state index contributed by atoms with van der Waals surface area (Å²) in [7, 11) is 0. The van der Waals surface area contributed by atoms with E-state index in [4.69, 9.17) is 10.00 Å². The average Bonchev–Trinajstić information content (AvgIpc) is 3.09. The Morgan fingerprint density at radius 1 is 1.31 bits per heavy atom. The molecule has 0 amide bonds. The quantitative estimate of drug-likeness (QED) is 0.775. The Kier molecular flexibility index (Phi) is 3.50. The molecular weight excluding hydrogens is 266 g/mol. The van der Waals surface area contributed by atoms with Crippen molar-refractivity contribution in [3.8, 4) is 11.8 Å². The molecule has 0 heterocycles. The lowest BCUT2D eigenvalue weighted by atomic mass is 10.1. The monoisotopic (exact) mass is 279 g/mol. The van der Waals surface area contributed by atoms with Crippen LogP contribution in [0.4, 0.5) is 0 Å². The molecule has 0 saturated heterocycles. The highest BCUT2D eigenvalue weighted by molar-refractivity contribution is 9.09. The predicted molar refractivity (Wildman–Crippen MR) is 66.7 cm³/mol. The lowest BCUT2D eigenvalue weighted by Crippen LogP contribution is -2.14. The van der Waals surface area contributed by atoms with Crippen LogP contribution >= 0.6 is 15.9 Å². The molecule has 1 aliphatic carbocycles. The highest BCUT2D eigenvalue weighted by Gasteiger charge is 2.42. The minimum atomic E-state index is 0.380. The lowest BCUT2D eigenvalue weighted by Gasteiger charge is -2.13. The standard InChI is InChI=1S/C13H14BrNO/c14-9-13(6-7-13)10-16-12-3-1-11(2-4-12)5-8-15/h1-4H,5-7,9-10H2. The van der Waals surface area contributed by atoms with E-state index in [0.717, 1.165) is 23.2 Å². The number of hydrogen-bond acceptors (Lipinski definition) is 2. The summed E-state index contributed by atoms with van der Waals surface area (Å²) in [6.07, 6.45) is 2.97. The zero-order valence-corrected chi connectivity index (χ0v) is 10.7. The van der Waals surface area contributed by atoms with Gasteiger partial charge in [-0.25, -0.2) is 0 Å². The van der Waals surface area contributed by atoms with Gasteiger partial charge in [-0.3, -0.25) is 0 Å². The van der Waals surface area contributed by atoms with Crippen LogP contribution in [-0.4, -0.2) is 11.9 Å². The van der Waals surface area contributed by atoms with Crippen molar-refractivity contribution in [2.24, 2.45) is 5.41 Å². The number of hydrogen-bond donors (Lipinski definition) is 0. The molecule has 1 aromatic carbocycles. The summed E-state index contributed by atoms with van der Waals surface area (Å²) in [5.41, 5.74) is 1.42. The smallest absolute Gasteiger partial charge is 0.119 e. The van der Waals surface area contributed by atoms with Crippen molar-refractivity contribution >= 4 is 15.9 Å². The summed E-state index contributed by atoms with van der Waals surface area (Å²) < 4.78 is 5.74. The molecule has 84 valence electrons. The molecule has 1 saturated carbocycles. The van der Waals surface area contributed by atoms with Crippen molar-refractivity contribution < 1.29 is 4.74 Å². The van der Waals surface area contributed by atoms with Crippen LogP contribution < -0.4 is 4.74 Å². The number of benzene rings is 1. The van der Waals surface area contributed by atoms with Crippen molar-refractivity contribution in [2.45, 2.75) is 19.3 Å². The number of ether oxygens (including phenoxy) is 1. The number of alkyl halides is 1. The largest absolute Gasteiger partial charge is 0.493 e. The Morgan fingerprint density at radius 3 is 2.50 bits per heavy atom. The SMILES string of the molecule is N#CCc1ccc(OCC2(CBr)CC2)cc1. The molecule has 16 heavy (non-hydrogen) atoms. The van der Waals surface area contributed by atoms with E-state index in [1.54, 1.807) is 0 Å². The van der Waals surface area contributed by atoms with Crippen LogP contribution in [0.3, 0.4) is 0 Å². The first kappa shape index (κ1) is 11.5. The minimum Gasteiger partial charge on any atom is -0.493 e. The third-order valence-corrected chi connectivity index (χ3v) is 4.18. The fourth-order valence-electron chi connectivity index (χ4n) is 1.52. The van der Waals surface area contributed by atoms with Gasteiger partial charge in [-0.05, 0) is 30.5 Å². The molecule has 0 aliphatic heterocycles. The van der Waals surface area contributed by atoms with Crippen molar-refractivity contribution in [2.75, 3.05) is 11.9 Å². The third-order valence-electron chi connectivity index (χ3n) is 2.99. The normalized spacial score (nSPS) is 16.5. The maximum Gasteiger partial charge on any atom is 0.119 e. The van der Waals surface area contributed by atoms with E-state index in [1.165, 1.54) is 12.8 Å². The predicted octanol–water partition coefficient (Wildman–Crippen LogP) is 3.31. The third kappa shape index (κ3) is 2.76. The van der Waals surface area contributed by atoms with Crippen molar-refractivity contribution in [3.63, 3.8) is 0 Å². The van der Waals surface area contributed by atoms with Crippen LogP contribution in [-0.2, 0) is 6.42 Å². The molecule has 2 nitrogen and oxygen atoms in total. The van der Waals surface area contributed by atoms with Gasteiger partial charge in [-0.15, -0.1) is 0 Å². The Hall–Kier alpha value is -1.01. The first-order chi connectivity index (χ1) is 7.78. The second kappa shape index (κ2) is 4.88. The van der Waals surface area contributed by atoms with Crippen molar-refractivity contribution in [1.29, 1.82) is 5.26 Å². The zero-order valence-electron chi connectivity index (χ0n) is 9.08. The molecular formula is C13H14BrNO. The molecule has 3 heteroatoms. The summed E-state index contributed by atoms with van der Waals surface area (Å²) in [6, 6.07) is 9.92. The van der Waals surface area contributed by atoms with Crippen LogP contribution in [0.15, 0.2) is 24.3 Å². The topological polar surface area (TPSA) is 33.0 Å². The number of nitrogens with zero attached hydrogens (tertiary/aromatic N) is 1. The molecule has 0 unspecified atom stereocenters. The number of rotatable bonds is 5. The zero-order chi connectivity index (χ0) is 11.4. The van der Waals surface area contributed by atoms with Gasteiger partial charge in [0.2, 0.25) is 0 Å². The van der Waals surface area contributed by atoms with Gasteiger partial charge in [0, 0.05) is 10.7 Å². The second-order valence-electron chi connectivity index (χ2n) is 4.40. The van der Waals surface area contributed by atoms with Crippen LogP contribution in [0.25, 0.3) is 0 Å². The average molecular weight is 280 g/mol. The molecule has 0 N–H and O–H groups in total. The fraction of sp³-hybridized carbons (Fsp3) is 0.462. The molecule has 0 atom stereocenters. The maximum atomic E-state index is 8.55. The number of halogens is 1. The molecule has 0 spiro atoms. The van der Waals surface area contributed by atoms with E-state index in [0.29, 0.717) is 11.8 Å². The Morgan fingerprint density at radius 2 is 2.00 bits per heavy atom. The van der Waals surface area contributed by atoms with Gasteiger partial charge in [0.05, 0.1) is 19.1 Å². The van der Waals surface area contributed by atoms with E-state index < -0.39 is 0 Å². The summed E-state index contributed by atoms with van der Waals surface area (Å²) in [5, 5.41) is 9.57. The molecule has 1 aliphatic rings. The van der Waals surface area contributed by atoms with Crippen LogP contribution in [0.2, 0.25) is 0 Å². The van der Waals surface area contributed by atoms with E-state index >= 15 is 0 Å². The van der Waals surface area contributed by atoms with E-state index in [9.17, 15) is 0 Å². The molecule has 1 fully saturated rings. The summed E-state index contributed by atoms with van der Waals surface area (Å²) in [6.45, 7) is 0.788. The van der Waals surface area contributed by atoms with Gasteiger partial charge in [0.15, 0.2) is 0 Å². The van der Waals surface area contributed by atoms with Crippen molar-refractivity contribution in [3.05, 3.63) is 29.8 Å². The minimum absolute atomic E-state index is 0.380. The molecule has 0 radical (unpaired) electrons. The molecule has 2 rings (SSSR count). The van der Waals surface area contributed by atoms with Crippen molar-refractivity contribution in [1.82, 2.24) is 0 Å². The van der Waals surface area contributed by atoms with Gasteiger partial charge in [0.25, 0.3) is 0 Å². The van der Waals surface area contributed by atoms with Crippen LogP contribution in [0, 0.1) is 16.7 Å². The molecule has 0 aromatic heterocycles. The van der Waals surface area contributed by atoms with E-state index in [-0.39, 0.29) is 0 Å². The Bertz CT molecular complexity index is 389. The van der Waals surface area contributed by atoms with Gasteiger partial charge < -0.3 is 4.74 Å². The first-order valence-corrected chi connectivity index (χ1v) is 6.55. The highest BCUT2D eigenvalue weighted by atomic mass is 79.9. The Labute approximate surface area is 104 Å².